The molecule has 0 unspecified atom stereocenters. The number of rotatable bonds is 4. The molecule has 0 heterocycles. The molecule has 0 saturated carbocycles. The summed E-state index contributed by atoms with van der Waals surface area (Å²) in [5.74, 6) is -0.261. The third-order valence-electron chi connectivity index (χ3n) is 2.54. The van der Waals surface area contributed by atoms with Gasteiger partial charge in [0, 0.05) is 5.56 Å². The second kappa shape index (κ2) is 5.95. The van der Waals surface area contributed by atoms with Crippen molar-refractivity contribution in [1.82, 2.24) is 0 Å². The highest BCUT2D eigenvalue weighted by molar-refractivity contribution is 5.32. The van der Waals surface area contributed by atoms with Gasteiger partial charge in [0.25, 0.3) is 0 Å². The van der Waals surface area contributed by atoms with Crippen molar-refractivity contribution in [3.8, 4) is 6.07 Å². The molecule has 2 aromatic rings. The zero-order valence-corrected chi connectivity index (χ0v) is 9.77. The molecule has 90 valence electrons. The monoisotopic (exact) mass is 241 g/mol. The summed E-state index contributed by atoms with van der Waals surface area (Å²) in [6.07, 6.45) is 0. The number of nitrogens with zero attached hydrogens (tertiary/aromatic N) is 1. The van der Waals surface area contributed by atoms with Crippen molar-refractivity contribution in [3.63, 3.8) is 0 Å². The van der Waals surface area contributed by atoms with Gasteiger partial charge in [-0.3, -0.25) is 0 Å². The van der Waals surface area contributed by atoms with Crippen molar-refractivity contribution in [2.45, 2.75) is 13.2 Å². The van der Waals surface area contributed by atoms with Gasteiger partial charge in [0.05, 0.1) is 24.8 Å². The lowest BCUT2D eigenvalue weighted by Crippen LogP contribution is -1.96. The van der Waals surface area contributed by atoms with E-state index in [-0.39, 0.29) is 12.4 Å². The first-order chi connectivity index (χ1) is 8.79. The molecule has 0 aliphatic heterocycles. The van der Waals surface area contributed by atoms with Crippen molar-refractivity contribution in [2.24, 2.45) is 0 Å². The molecule has 0 saturated heterocycles. The number of hydrogen-bond acceptors (Lipinski definition) is 2. The average Bonchev–Trinajstić information content (AvgIpc) is 2.41. The Morgan fingerprint density at radius 2 is 1.89 bits per heavy atom. The highest BCUT2D eigenvalue weighted by Crippen LogP contribution is 2.10. The van der Waals surface area contributed by atoms with Crippen molar-refractivity contribution in [3.05, 3.63) is 71.0 Å². The molecule has 2 rings (SSSR count). The number of hydrogen-bond donors (Lipinski definition) is 0. The molecular formula is C15H12FNO. The molecule has 0 aliphatic rings. The summed E-state index contributed by atoms with van der Waals surface area (Å²) in [4.78, 5) is 0. The summed E-state index contributed by atoms with van der Waals surface area (Å²) < 4.78 is 18.7. The van der Waals surface area contributed by atoms with Crippen LogP contribution in [0.15, 0.2) is 48.5 Å². The molecule has 0 atom stereocenters. The van der Waals surface area contributed by atoms with E-state index >= 15 is 0 Å². The lowest BCUT2D eigenvalue weighted by Gasteiger charge is -2.05. The van der Waals surface area contributed by atoms with Crippen molar-refractivity contribution >= 4 is 0 Å². The van der Waals surface area contributed by atoms with Crippen LogP contribution < -0.4 is 0 Å². The maximum atomic E-state index is 13.3. The Morgan fingerprint density at radius 1 is 1.06 bits per heavy atom. The first-order valence-electron chi connectivity index (χ1n) is 5.60. The summed E-state index contributed by atoms with van der Waals surface area (Å²) in [6.45, 7) is 0.591. The van der Waals surface area contributed by atoms with Gasteiger partial charge in [-0.15, -0.1) is 0 Å². The van der Waals surface area contributed by atoms with Crippen molar-refractivity contribution < 1.29 is 9.13 Å². The molecule has 0 aliphatic carbocycles. The molecule has 0 fully saturated rings. The Kier molecular flexibility index (Phi) is 4.06. The number of halogens is 1. The van der Waals surface area contributed by atoms with Gasteiger partial charge in [-0.1, -0.05) is 30.3 Å². The second-order valence-corrected chi connectivity index (χ2v) is 3.90. The first-order valence-corrected chi connectivity index (χ1v) is 5.60. The first kappa shape index (κ1) is 12.3. The van der Waals surface area contributed by atoms with Crippen LogP contribution in [-0.2, 0) is 18.0 Å². The standard InChI is InChI=1S/C15H12FNO/c16-15-7-2-1-6-14(15)11-18-10-13-5-3-4-12(8-13)9-17/h1-8H,10-11H2. The van der Waals surface area contributed by atoms with E-state index in [0.29, 0.717) is 17.7 Å². The Balaban J connectivity index is 1.93. The maximum Gasteiger partial charge on any atom is 0.128 e. The number of nitriles is 1. The topological polar surface area (TPSA) is 33.0 Å². The minimum absolute atomic E-state index is 0.226. The zero-order valence-electron chi connectivity index (χ0n) is 9.77. The fraction of sp³-hybridized carbons (Fsp3) is 0.133. The largest absolute Gasteiger partial charge is 0.372 e. The fourth-order valence-electron chi connectivity index (χ4n) is 1.62. The van der Waals surface area contributed by atoms with Crippen molar-refractivity contribution in [1.29, 1.82) is 5.26 Å². The van der Waals surface area contributed by atoms with E-state index in [0.717, 1.165) is 5.56 Å². The van der Waals surface area contributed by atoms with Crippen LogP contribution >= 0.6 is 0 Å². The summed E-state index contributed by atoms with van der Waals surface area (Å²) in [5, 5.41) is 8.76. The van der Waals surface area contributed by atoms with E-state index in [1.54, 1.807) is 36.4 Å². The maximum absolute atomic E-state index is 13.3. The molecule has 3 heteroatoms. The fourth-order valence-corrected chi connectivity index (χ4v) is 1.62. The van der Waals surface area contributed by atoms with Gasteiger partial charge in [0.15, 0.2) is 0 Å². The number of benzene rings is 2. The molecule has 0 spiro atoms. The van der Waals surface area contributed by atoms with Gasteiger partial charge >= 0.3 is 0 Å². The van der Waals surface area contributed by atoms with E-state index in [1.165, 1.54) is 6.07 Å². The Hall–Kier alpha value is -2.18. The molecule has 0 radical (unpaired) electrons. The van der Waals surface area contributed by atoms with Gasteiger partial charge in [-0.2, -0.15) is 5.26 Å². The smallest absolute Gasteiger partial charge is 0.128 e. The zero-order chi connectivity index (χ0) is 12.8. The highest BCUT2D eigenvalue weighted by atomic mass is 19.1. The second-order valence-electron chi connectivity index (χ2n) is 3.90. The normalized spacial score (nSPS) is 10.0. The minimum Gasteiger partial charge on any atom is -0.372 e. The Bertz CT molecular complexity index is 575. The van der Waals surface area contributed by atoms with E-state index in [2.05, 4.69) is 6.07 Å². The Labute approximate surface area is 105 Å². The molecule has 18 heavy (non-hydrogen) atoms. The lowest BCUT2D eigenvalue weighted by atomic mass is 10.1. The summed E-state index contributed by atoms with van der Waals surface area (Å²) in [6, 6.07) is 15.8. The number of ether oxygens (including phenoxy) is 1. The van der Waals surface area contributed by atoms with Crippen LogP contribution in [0.25, 0.3) is 0 Å². The molecular weight excluding hydrogens is 229 g/mol. The van der Waals surface area contributed by atoms with Gasteiger partial charge in [-0.25, -0.2) is 4.39 Å². The third kappa shape index (κ3) is 3.16. The molecule has 0 N–H and O–H groups in total. The van der Waals surface area contributed by atoms with E-state index in [1.807, 2.05) is 6.07 Å². The summed E-state index contributed by atoms with van der Waals surface area (Å²) in [7, 11) is 0. The van der Waals surface area contributed by atoms with Gasteiger partial charge in [0.2, 0.25) is 0 Å². The molecule has 2 nitrogen and oxygen atoms in total. The van der Waals surface area contributed by atoms with Crippen LogP contribution in [0, 0.1) is 17.1 Å². The highest BCUT2D eigenvalue weighted by Gasteiger charge is 2.01. The van der Waals surface area contributed by atoms with Crippen LogP contribution in [0.1, 0.15) is 16.7 Å². The van der Waals surface area contributed by atoms with Crippen LogP contribution in [-0.4, -0.2) is 0 Å². The van der Waals surface area contributed by atoms with Crippen LogP contribution in [0.3, 0.4) is 0 Å². The van der Waals surface area contributed by atoms with Crippen LogP contribution in [0.2, 0.25) is 0 Å². The van der Waals surface area contributed by atoms with E-state index < -0.39 is 0 Å². The lowest BCUT2D eigenvalue weighted by molar-refractivity contribution is 0.105. The van der Waals surface area contributed by atoms with Crippen LogP contribution in [0.5, 0.6) is 0 Å². The van der Waals surface area contributed by atoms with E-state index in [4.69, 9.17) is 10.00 Å². The van der Waals surface area contributed by atoms with Gasteiger partial charge in [0.1, 0.15) is 5.82 Å². The summed E-state index contributed by atoms with van der Waals surface area (Å²) in [5.41, 5.74) is 2.04. The predicted molar refractivity (Wildman–Crippen MR) is 66.1 cm³/mol. The molecule has 2 aromatic carbocycles. The predicted octanol–water partition coefficient (Wildman–Crippen LogP) is 3.41. The SMILES string of the molecule is N#Cc1cccc(COCc2ccccc2F)c1. The molecule has 0 aromatic heterocycles. The quantitative estimate of drug-likeness (QED) is 0.821. The van der Waals surface area contributed by atoms with Crippen LogP contribution in [0.4, 0.5) is 4.39 Å². The molecule has 0 amide bonds. The molecule has 0 bridgehead atoms. The average molecular weight is 241 g/mol. The van der Waals surface area contributed by atoms with E-state index in [9.17, 15) is 4.39 Å². The van der Waals surface area contributed by atoms with Gasteiger partial charge in [-0.05, 0) is 23.8 Å². The minimum atomic E-state index is -0.261. The third-order valence-corrected chi connectivity index (χ3v) is 2.54. The summed E-state index contributed by atoms with van der Waals surface area (Å²) >= 11 is 0. The van der Waals surface area contributed by atoms with Crippen molar-refractivity contribution in [2.75, 3.05) is 0 Å². The van der Waals surface area contributed by atoms with Gasteiger partial charge < -0.3 is 4.74 Å². The Morgan fingerprint density at radius 3 is 2.67 bits per heavy atom.